The first kappa shape index (κ1) is 15.2. The van der Waals surface area contributed by atoms with Gasteiger partial charge in [0.1, 0.15) is 0 Å². The second kappa shape index (κ2) is 6.33. The number of rotatable bonds is 7. The molecular formula is C11H21N3O3S. The largest absolute Gasteiger partial charge is 0.480 e. The third kappa shape index (κ3) is 3.55. The number of methoxy groups -OCH3 is 1. The molecule has 0 saturated heterocycles. The molecule has 7 heteroatoms. The van der Waals surface area contributed by atoms with Crippen LogP contribution in [0.25, 0.3) is 0 Å². The lowest BCUT2D eigenvalue weighted by Gasteiger charge is -2.25. The molecule has 0 atom stereocenters. The average Bonchev–Trinajstić information content (AvgIpc) is 2.79. The maximum absolute atomic E-state index is 9.21. The lowest BCUT2D eigenvalue weighted by Crippen LogP contribution is -2.48. The molecule has 3 N–H and O–H groups in total. The van der Waals surface area contributed by atoms with E-state index in [-0.39, 0.29) is 13.2 Å². The molecule has 0 aromatic carbocycles. The highest BCUT2D eigenvalue weighted by atomic mass is 32.1. The first-order valence-electron chi connectivity index (χ1n) is 5.63. The Bertz CT molecular complexity index is 378. The van der Waals surface area contributed by atoms with Gasteiger partial charge < -0.3 is 25.2 Å². The fourth-order valence-corrected chi connectivity index (χ4v) is 2.14. The molecule has 0 unspecified atom stereocenters. The van der Waals surface area contributed by atoms with Crippen molar-refractivity contribution in [1.82, 2.24) is 10.3 Å². The Morgan fingerprint density at radius 1 is 1.39 bits per heavy atom. The van der Waals surface area contributed by atoms with Crippen LogP contribution in [0.5, 0.6) is 5.88 Å². The predicted octanol–water partition coefficient (Wildman–Crippen LogP) is 0.0506. The van der Waals surface area contributed by atoms with Crippen LogP contribution >= 0.6 is 11.3 Å². The lowest BCUT2D eigenvalue weighted by atomic mass is 10.1. The minimum Gasteiger partial charge on any atom is -0.480 e. The van der Waals surface area contributed by atoms with Gasteiger partial charge in [0.2, 0.25) is 5.88 Å². The number of aromatic nitrogens is 1. The molecule has 1 rings (SSSR count). The highest BCUT2D eigenvalue weighted by Gasteiger charge is 2.23. The minimum atomic E-state index is -0.701. The van der Waals surface area contributed by atoms with Gasteiger partial charge in [-0.3, -0.25) is 0 Å². The van der Waals surface area contributed by atoms with Crippen molar-refractivity contribution in [2.45, 2.75) is 19.0 Å². The number of anilines is 1. The average molecular weight is 275 g/mol. The van der Waals surface area contributed by atoms with E-state index >= 15 is 0 Å². The summed E-state index contributed by atoms with van der Waals surface area (Å²) >= 11 is 1.52. The van der Waals surface area contributed by atoms with Crippen LogP contribution in [-0.2, 0) is 6.54 Å². The van der Waals surface area contributed by atoms with Crippen LogP contribution < -0.4 is 15.0 Å². The molecule has 6 nitrogen and oxygen atoms in total. The number of aliphatic hydroxyl groups is 2. The Morgan fingerprint density at radius 2 is 2.00 bits per heavy atom. The molecule has 1 aromatic rings. The van der Waals surface area contributed by atoms with Crippen LogP contribution in [0, 0.1) is 0 Å². The fourth-order valence-electron chi connectivity index (χ4n) is 1.24. The third-order valence-corrected chi connectivity index (χ3v) is 3.80. The molecular weight excluding hydrogens is 254 g/mol. The summed E-state index contributed by atoms with van der Waals surface area (Å²) in [5, 5.41) is 22.4. The van der Waals surface area contributed by atoms with E-state index in [9.17, 15) is 10.2 Å². The van der Waals surface area contributed by atoms with E-state index in [1.165, 1.54) is 11.3 Å². The number of nitrogens with zero attached hydrogens (tertiary/aromatic N) is 2. The SMILES string of the molecule is COc1nc(N(C)C)sc1CNC(C)(CO)CO. The summed E-state index contributed by atoms with van der Waals surface area (Å²) in [4.78, 5) is 7.19. The molecule has 0 fully saturated rings. The molecule has 0 radical (unpaired) electrons. The Morgan fingerprint density at radius 3 is 2.44 bits per heavy atom. The molecule has 0 saturated carbocycles. The van der Waals surface area contributed by atoms with Crippen molar-refractivity contribution >= 4 is 16.5 Å². The Labute approximate surface area is 111 Å². The van der Waals surface area contributed by atoms with Crippen molar-refractivity contribution in [2.75, 3.05) is 39.3 Å². The normalized spacial score (nSPS) is 11.7. The standard InChI is InChI=1S/C11H21N3O3S/c1-11(6-15,7-16)12-5-8-9(17-4)13-10(18-8)14(2)3/h12,15-16H,5-7H2,1-4H3. The van der Waals surface area contributed by atoms with Gasteiger partial charge in [-0.15, -0.1) is 0 Å². The van der Waals surface area contributed by atoms with E-state index in [1.807, 2.05) is 19.0 Å². The quantitative estimate of drug-likeness (QED) is 0.653. The molecule has 1 aromatic heterocycles. The molecule has 0 aliphatic rings. The van der Waals surface area contributed by atoms with Crippen LogP contribution in [0.3, 0.4) is 0 Å². The topological polar surface area (TPSA) is 77.9 Å². The summed E-state index contributed by atoms with van der Waals surface area (Å²) < 4.78 is 5.22. The smallest absolute Gasteiger partial charge is 0.230 e. The zero-order valence-corrected chi connectivity index (χ0v) is 12.0. The zero-order valence-electron chi connectivity index (χ0n) is 11.2. The zero-order chi connectivity index (χ0) is 13.8. The molecule has 0 spiro atoms. The van der Waals surface area contributed by atoms with Crippen LogP contribution in [0.4, 0.5) is 5.13 Å². The summed E-state index contributed by atoms with van der Waals surface area (Å²) in [6.07, 6.45) is 0. The summed E-state index contributed by atoms with van der Waals surface area (Å²) in [7, 11) is 5.41. The molecule has 0 amide bonds. The summed E-state index contributed by atoms with van der Waals surface area (Å²) in [5.41, 5.74) is -0.701. The van der Waals surface area contributed by atoms with Gasteiger partial charge in [0.25, 0.3) is 0 Å². The first-order chi connectivity index (χ1) is 8.45. The number of nitrogens with one attached hydrogen (secondary N) is 1. The number of hydrogen-bond donors (Lipinski definition) is 3. The number of thiazole rings is 1. The molecule has 0 bridgehead atoms. The predicted molar refractivity (Wildman–Crippen MR) is 72.4 cm³/mol. The Balaban J connectivity index is 2.77. The van der Waals surface area contributed by atoms with Crippen molar-refractivity contribution in [3.8, 4) is 5.88 Å². The van der Waals surface area contributed by atoms with E-state index < -0.39 is 5.54 Å². The van der Waals surface area contributed by atoms with Crippen molar-refractivity contribution in [3.05, 3.63) is 4.88 Å². The van der Waals surface area contributed by atoms with Gasteiger partial charge in [-0.1, -0.05) is 11.3 Å². The van der Waals surface area contributed by atoms with Gasteiger partial charge in [-0.05, 0) is 6.92 Å². The van der Waals surface area contributed by atoms with Gasteiger partial charge in [0.15, 0.2) is 5.13 Å². The van der Waals surface area contributed by atoms with Crippen molar-refractivity contribution in [3.63, 3.8) is 0 Å². The summed E-state index contributed by atoms with van der Waals surface area (Å²) in [6, 6.07) is 0. The van der Waals surface area contributed by atoms with Gasteiger partial charge in [-0.25, -0.2) is 0 Å². The monoisotopic (exact) mass is 275 g/mol. The second-order valence-electron chi connectivity index (χ2n) is 4.55. The van der Waals surface area contributed by atoms with Crippen LogP contribution in [0.1, 0.15) is 11.8 Å². The van der Waals surface area contributed by atoms with Gasteiger partial charge in [-0.2, -0.15) is 4.98 Å². The second-order valence-corrected chi connectivity index (χ2v) is 5.62. The highest BCUT2D eigenvalue weighted by molar-refractivity contribution is 7.15. The van der Waals surface area contributed by atoms with E-state index in [1.54, 1.807) is 14.0 Å². The van der Waals surface area contributed by atoms with Gasteiger partial charge in [0.05, 0.1) is 30.7 Å². The lowest BCUT2D eigenvalue weighted by molar-refractivity contribution is 0.103. The van der Waals surface area contributed by atoms with Crippen molar-refractivity contribution < 1.29 is 14.9 Å². The third-order valence-electron chi connectivity index (χ3n) is 2.60. The molecule has 1 heterocycles. The van der Waals surface area contributed by atoms with Crippen LogP contribution in [-0.4, -0.2) is 55.2 Å². The van der Waals surface area contributed by atoms with Crippen LogP contribution in [0.15, 0.2) is 0 Å². The fraction of sp³-hybridized carbons (Fsp3) is 0.727. The van der Waals surface area contributed by atoms with E-state index in [4.69, 9.17) is 4.74 Å². The summed E-state index contributed by atoms with van der Waals surface area (Å²) in [5.74, 6) is 0.578. The first-order valence-corrected chi connectivity index (χ1v) is 6.45. The number of ether oxygens (including phenoxy) is 1. The van der Waals surface area contributed by atoms with E-state index in [2.05, 4.69) is 10.3 Å². The van der Waals surface area contributed by atoms with E-state index in [0.29, 0.717) is 12.4 Å². The summed E-state index contributed by atoms with van der Waals surface area (Å²) in [6.45, 7) is 1.98. The maximum atomic E-state index is 9.21. The number of hydrogen-bond acceptors (Lipinski definition) is 7. The van der Waals surface area contributed by atoms with E-state index in [0.717, 1.165) is 10.0 Å². The molecule has 104 valence electrons. The Kier molecular flexibility index (Phi) is 5.33. The molecule has 0 aliphatic carbocycles. The van der Waals surface area contributed by atoms with Crippen molar-refractivity contribution in [2.24, 2.45) is 0 Å². The highest BCUT2D eigenvalue weighted by Crippen LogP contribution is 2.30. The van der Waals surface area contributed by atoms with Crippen molar-refractivity contribution in [1.29, 1.82) is 0 Å². The molecule has 18 heavy (non-hydrogen) atoms. The minimum absolute atomic E-state index is 0.134. The van der Waals surface area contributed by atoms with Gasteiger partial charge >= 0.3 is 0 Å². The maximum Gasteiger partial charge on any atom is 0.230 e. The van der Waals surface area contributed by atoms with Crippen LogP contribution in [0.2, 0.25) is 0 Å². The Hall–Kier alpha value is -0.890. The molecule has 0 aliphatic heterocycles. The number of aliphatic hydroxyl groups excluding tert-OH is 2. The van der Waals surface area contributed by atoms with Gasteiger partial charge in [0, 0.05) is 20.6 Å².